The van der Waals surface area contributed by atoms with Crippen LogP contribution in [0.4, 0.5) is 13.2 Å². The summed E-state index contributed by atoms with van der Waals surface area (Å²) in [4.78, 5) is 7.66. The van der Waals surface area contributed by atoms with Gasteiger partial charge in [0.25, 0.3) is 0 Å². The van der Waals surface area contributed by atoms with Crippen molar-refractivity contribution in [2.45, 2.75) is 24.8 Å². The highest BCUT2D eigenvalue weighted by Gasteiger charge is 2.30. The van der Waals surface area contributed by atoms with Crippen LogP contribution in [0, 0.1) is 0 Å². The first-order chi connectivity index (χ1) is 9.63. The van der Waals surface area contributed by atoms with Gasteiger partial charge in [0, 0.05) is 43.7 Å². The first-order valence-corrected chi connectivity index (χ1v) is 7.96. The lowest BCUT2D eigenvalue weighted by Crippen LogP contribution is -2.52. The Kier molecular flexibility index (Phi) is 6.65. The van der Waals surface area contributed by atoms with E-state index < -0.39 is 12.7 Å². The summed E-state index contributed by atoms with van der Waals surface area (Å²) in [6.07, 6.45) is -4.15. The molecule has 0 radical (unpaired) electrons. The number of thioether (sulfide) groups is 1. The summed E-state index contributed by atoms with van der Waals surface area (Å²) in [7, 11) is 3.18. The van der Waals surface area contributed by atoms with Crippen LogP contribution in [0.2, 0.25) is 0 Å². The van der Waals surface area contributed by atoms with Crippen molar-refractivity contribution in [1.29, 1.82) is 0 Å². The summed E-state index contributed by atoms with van der Waals surface area (Å²) >= 11 is 1.93. The molecule has 1 fully saturated rings. The van der Waals surface area contributed by atoms with E-state index in [1.807, 2.05) is 11.8 Å². The zero-order chi connectivity index (χ0) is 16.1. The number of rotatable bonds is 4. The summed E-state index contributed by atoms with van der Waals surface area (Å²) in [5.74, 6) is 1.80. The molecule has 4 nitrogen and oxygen atoms in total. The van der Waals surface area contributed by atoms with Gasteiger partial charge in [0.15, 0.2) is 5.96 Å². The van der Waals surface area contributed by atoms with Crippen molar-refractivity contribution in [1.82, 2.24) is 15.1 Å². The van der Waals surface area contributed by atoms with Gasteiger partial charge in [-0.05, 0) is 20.9 Å². The molecule has 21 heavy (non-hydrogen) atoms. The molecule has 0 spiro atoms. The van der Waals surface area contributed by atoms with Crippen LogP contribution in [0.3, 0.4) is 0 Å². The van der Waals surface area contributed by atoms with E-state index in [1.54, 1.807) is 7.05 Å². The second-order valence-electron chi connectivity index (χ2n) is 5.86. The first kappa shape index (κ1) is 18.4. The third-order valence-corrected chi connectivity index (χ3v) is 4.46. The highest BCUT2D eigenvalue weighted by Crippen LogP contribution is 2.29. The van der Waals surface area contributed by atoms with E-state index in [-0.39, 0.29) is 4.75 Å². The smallest absolute Gasteiger partial charge is 0.355 e. The lowest BCUT2D eigenvalue weighted by molar-refractivity contribution is -0.142. The third-order valence-electron chi connectivity index (χ3n) is 3.16. The van der Waals surface area contributed by atoms with Crippen molar-refractivity contribution in [2.24, 2.45) is 4.99 Å². The van der Waals surface area contributed by atoms with Gasteiger partial charge in [0.2, 0.25) is 0 Å². The number of nitrogens with one attached hydrogen (secondary N) is 1. The molecule has 0 atom stereocenters. The lowest BCUT2D eigenvalue weighted by atomic mass is 10.2. The van der Waals surface area contributed by atoms with E-state index in [9.17, 15) is 13.2 Å². The van der Waals surface area contributed by atoms with Crippen molar-refractivity contribution in [3.8, 4) is 0 Å². The molecule has 0 aromatic carbocycles. The Morgan fingerprint density at radius 3 is 2.62 bits per heavy atom. The Morgan fingerprint density at radius 1 is 1.43 bits per heavy atom. The minimum atomic E-state index is -4.15. The van der Waals surface area contributed by atoms with Crippen molar-refractivity contribution in [3.63, 3.8) is 0 Å². The number of halogens is 3. The second-order valence-corrected chi connectivity index (χ2v) is 7.66. The van der Waals surface area contributed by atoms with Gasteiger partial charge < -0.3 is 10.2 Å². The zero-order valence-corrected chi connectivity index (χ0v) is 13.9. The summed E-state index contributed by atoms with van der Waals surface area (Å²) < 4.78 is 36.9. The van der Waals surface area contributed by atoms with Gasteiger partial charge in [-0.1, -0.05) is 0 Å². The monoisotopic (exact) mass is 326 g/mol. The molecule has 1 N–H and O–H groups in total. The Bertz CT molecular complexity index is 358. The number of guanidine groups is 1. The molecule has 0 unspecified atom stereocenters. The number of nitrogens with zero attached hydrogens (tertiary/aromatic N) is 3. The van der Waals surface area contributed by atoms with E-state index in [1.165, 1.54) is 11.9 Å². The molecule has 0 aromatic heterocycles. The fourth-order valence-corrected chi connectivity index (χ4v) is 3.38. The molecule has 8 heteroatoms. The van der Waals surface area contributed by atoms with Crippen LogP contribution in [0.1, 0.15) is 13.8 Å². The van der Waals surface area contributed by atoms with E-state index in [0.717, 1.165) is 24.8 Å². The molecular weight excluding hydrogens is 301 g/mol. The van der Waals surface area contributed by atoms with E-state index in [2.05, 4.69) is 29.1 Å². The molecule has 0 saturated carbocycles. The molecule has 1 aliphatic rings. The minimum Gasteiger partial charge on any atom is -0.355 e. The predicted molar refractivity (Wildman–Crippen MR) is 83.0 cm³/mol. The van der Waals surface area contributed by atoms with Crippen LogP contribution in [-0.2, 0) is 0 Å². The van der Waals surface area contributed by atoms with Crippen molar-refractivity contribution in [2.75, 3.05) is 52.6 Å². The molecule has 0 bridgehead atoms. The Labute approximate surface area is 129 Å². The van der Waals surface area contributed by atoms with Crippen LogP contribution in [-0.4, -0.2) is 79.3 Å². The van der Waals surface area contributed by atoms with Crippen LogP contribution < -0.4 is 5.32 Å². The molecule has 1 heterocycles. The molecule has 1 rings (SSSR count). The number of hydrogen-bond acceptors (Lipinski definition) is 3. The normalized spacial score (nSPS) is 20.0. The maximum Gasteiger partial charge on any atom is 0.401 e. The first-order valence-electron chi connectivity index (χ1n) is 6.98. The van der Waals surface area contributed by atoms with Gasteiger partial charge in [-0.25, -0.2) is 0 Å². The largest absolute Gasteiger partial charge is 0.401 e. The van der Waals surface area contributed by atoms with Crippen LogP contribution in [0.25, 0.3) is 0 Å². The Balaban J connectivity index is 2.38. The van der Waals surface area contributed by atoms with Gasteiger partial charge in [-0.3, -0.25) is 9.89 Å². The van der Waals surface area contributed by atoms with Gasteiger partial charge in [0.1, 0.15) is 0 Å². The molecule has 0 aromatic rings. The van der Waals surface area contributed by atoms with Crippen molar-refractivity contribution < 1.29 is 13.2 Å². The van der Waals surface area contributed by atoms with Crippen LogP contribution in [0.15, 0.2) is 4.99 Å². The van der Waals surface area contributed by atoms with Crippen molar-refractivity contribution >= 4 is 17.7 Å². The predicted octanol–water partition coefficient (Wildman–Crippen LogP) is 1.88. The fraction of sp³-hybridized carbons (Fsp3) is 0.923. The minimum absolute atomic E-state index is 0.170. The van der Waals surface area contributed by atoms with E-state index >= 15 is 0 Å². The van der Waals surface area contributed by atoms with Gasteiger partial charge in [-0.15, -0.1) is 0 Å². The highest BCUT2D eigenvalue weighted by atomic mass is 32.2. The highest BCUT2D eigenvalue weighted by molar-refractivity contribution is 8.00. The fourth-order valence-electron chi connectivity index (χ4n) is 2.27. The second kappa shape index (κ2) is 7.58. The quantitative estimate of drug-likeness (QED) is 0.631. The number of alkyl halides is 3. The Morgan fingerprint density at radius 2 is 2.10 bits per heavy atom. The van der Waals surface area contributed by atoms with Crippen LogP contribution >= 0.6 is 11.8 Å². The summed E-state index contributed by atoms with van der Waals surface area (Å²) in [5.41, 5.74) is 0. The molecule has 0 amide bonds. The van der Waals surface area contributed by atoms with Gasteiger partial charge >= 0.3 is 6.18 Å². The number of likely N-dealkylation sites (N-methyl/N-ethyl adjacent to an activating group) is 1. The average molecular weight is 326 g/mol. The molecule has 1 saturated heterocycles. The standard InChI is InChI=1S/C13H25F3N4S/c1-12(2)9-20(7-8-21-12)11(17-3)18-5-6-19(4)10-13(14,15)16/h5-10H2,1-4H3,(H,17,18). The number of hydrogen-bond donors (Lipinski definition) is 1. The lowest BCUT2D eigenvalue weighted by Gasteiger charge is -2.39. The number of aliphatic imine (C=N–C) groups is 1. The van der Waals surface area contributed by atoms with E-state index in [4.69, 9.17) is 0 Å². The van der Waals surface area contributed by atoms with E-state index in [0.29, 0.717) is 13.1 Å². The maximum absolute atomic E-state index is 12.2. The molecule has 1 aliphatic heterocycles. The summed E-state index contributed by atoms with van der Waals surface area (Å²) in [6, 6.07) is 0. The topological polar surface area (TPSA) is 30.9 Å². The average Bonchev–Trinajstić information content (AvgIpc) is 2.31. The van der Waals surface area contributed by atoms with Gasteiger partial charge in [0.05, 0.1) is 6.54 Å². The Hall–Kier alpha value is -0.630. The van der Waals surface area contributed by atoms with Crippen LogP contribution in [0.5, 0.6) is 0 Å². The molecule has 0 aliphatic carbocycles. The van der Waals surface area contributed by atoms with Gasteiger partial charge in [-0.2, -0.15) is 24.9 Å². The summed E-state index contributed by atoms with van der Waals surface area (Å²) in [6.45, 7) is 6.05. The summed E-state index contributed by atoms with van der Waals surface area (Å²) in [5, 5.41) is 3.15. The molecule has 124 valence electrons. The van der Waals surface area contributed by atoms with Crippen molar-refractivity contribution in [3.05, 3.63) is 0 Å². The SMILES string of the molecule is CN=C(NCCN(C)CC(F)(F)F)N1CCSC(C)(C)C1. The third kappa shape index (κ3) is 7.26. The zero-order valence-electron chi connectivity index (χ0n) is 13.1. The maximum atomic E-state index is 12.2. The molecular formula is C13H25F3N4S.